The van der Waals surface area contributed by atoms with E-state index in [1.165, 1.54) is 30.6 Å². The van der Waals surface area contributed by atoms with Crippen LogP contribution >= 0.6 is 35.3 Å². The lowest BCUT2D eigenvalue weighted by atomic mass is 10.0. The van der Waals surface area contributed by atoms with E-state index in [-0.39, 0.29) is 24.0 Å². The third-order valence-electron chi connectivity index (χ3n) is 4.78. The van der Waals surface area contributed by atoms with E-state index >= 15 is 0 Å². The average Bonchev–Trinajstić information content (AvgIpc) is 3.36. The Morgan fingerprint density at radius 2 is 2.24 bits per heavy atom. The Morgan fingerprint density at radius 1 is 1.48 bits per heavy atom. The number of hydrogen-bond donors (Lipinski definition) is 1. The van der Waals surface area contributed by atoms with Crippen LogP contribution in [0.5, 0.6) is 0 Å². The number of aliphatic imine (C=N–C) groups is 1. The van der Waals surface area contributed by atoms with Crippen molar-refractivity contribution in [1.82, 2.24) is 10.2 Å². The van der Waals surface area contributed by atoms with Gasteiger partial charge >= 0.3 is 0 Å². The van der Waals surface area contributed by atoms with Gasteiger partial charge in [-0.1, -0.05) is 6.07 Å². The van der Waals surface area contributed by atoms with E-state index in [1.54, 1.807) is 0 Å². The smallest absolute Gasteiger partial charge is 0.193 e. The fraction of sp³-hybridized carbons (Fsp3) is 0.688. The third kappa shape index (κ3) is 4.34. The second-order valence-corrected chi connectivity index (χ2v) is 7.32. The molecule has 2 saturated carbocycles. The Kier molecular flexibility index (Phi) is 5.94. The van der Waals surface area contributed by atoms with E-state index in [9.17, 15) is 0 Å². The molecular weight excluding hydrogens is 393 g/mol. The van der Waals surface area contributed by atoms with Gasteiger partial charge in [0.2, 0.25) is 0 Å². The standard InChI is InChI=1S/C16H25N3S.HI/c1-17-15(18-12-16(8-9-16)13-5-6-13)19(2)10-7-14-4-3-11-20-14;/h3-4,11,13H,5-10,12H2,1-2H3,(H,17,18);1H. The zero-order valence-electron chi connectivity index (χ0n) is 13.0. The fourth-order valence-electron chi connectivity index (χ4n) is 3.06. The number of nitrogens with zero attached hydrogens (tertiary/aromatic N) is 2. The molecule has 0 amide bonds. The van der Waals surface area contributed by atoms with Crippen molar-refractivity contribution >= 4 is 41.3 Å². The summed E-state index contributed by atoms with van der Waals surface area (Å²) in [6, 6.07) is 4.33. The van der Waals surface area contributed by atoms with Crippen LogP contribution in [-0.2, 0) is 6.42 Å². The van der Waals surface area contributed by atoms with E-state index in [4.69, 9.17) is 0 Å². The lowest BCUT2D eigenvalue weighted by Crippen LogP contribution is -2.42. The molecule has 0 bridgehead atoms. The van der Waals surface area contributed by atoms with Crippen molar-refractivity contribution in [1.29, 1.82) is 0 Å². The quantitative estimate of drug-likeness (QED) is 0.434. The molecule has 21 heavy (non-hydrogen) atoms. The van der Waals surface area contributed by atoms with Gasteiger partial charge in [-0.15, -0.1) is 35.3 Å². The largest absolute Gasteiger partial charge is 0.356 e. The minimum absolute atomic E-state index is 0. The molecule has 0 radical (unpaired) electrons. The SMILES string of the molecule is CN=C(NCC1(C2CC2)CC1)N(C)CCc1cccs1.I. The van der Waals surface area contributed by atoms with Crippen LogP contribution < -0.4 is 5.32 Å². The van der Waals surface area contributed by atoms with E-state index in [2.05, 4.69) is 39.8 Å². The molecule has 0 saturated heterocycles. The Labute approximate surface area is 149 Å². The highest BCUT2D eigenvalue weighted by Crippen LogP contribution is 2.60. The highest BCUT2D eigenvalue weighted by atomic mass is 127. The zero-order valence-corrected chi connectivity index (χ0v) is 16.1. The summed E-state index contributed by atoms with van der Waals surface area (Å²) in [5.41, 5.74) is 0.629. The first kappa shape index (κ1) is 17.1. The Morgan fingerprint density at radius 3 is 2.76 bits per heavy atom. The van der Waals surface area contributed by atoms with Gasteiger partial charge in [0.15, 0.2) is 5.96 Å². The van der Waals surface area contributed by atoms with Crippen molar-refractivity contribution in [2.75, 3.05) is 27.2 Å². The maximum Gasteiger partial charge on any atom is 0.193 e. The van der Waals surface area contributed by atoms with Crippen LogP contribution in [0.1, 0.15) is 30.6 Å². The van der Waals surface area contributed by atoms with Gasteiger partial charge < -0.3 is 10.2 Å². The Bertz CT molecular complexity index is 464. The number of rotatable bonds is 6. The van der Waals surface area contributed by atoms with Crippen LogP contribution in [-0.4, -0.2) is 38.0 Å². The molecule has 3 nitrogen and oxygen atoms in total. The second-order valence-electron chi connectivity index (χ2n) is 6.29. The Hall–Kier alpha value is -0.300. The summed E-state index contributed by atoms with van der Waals surface area (Å²) in [7, 11) is 4.03. The maximum atomic E-state index is 4.43. The van der Waals surface area contributed by atoms with Gasteiger partial charge in [0.25, 0.3) is 0 Å². The van der Waals surface area contributed by atoms with Crippen molar-refractivity contribution < 1.29 is 0 Å². The molecule has 1 aromatic heterocycles. The van der Waals surface area contributed by atoms with Gasteiger partial charge in [-0.05, 0) is 54.9 Å². The van der Waals surface area contributed by atoms with Crippen molar-refractivity contribution in [2.24, 2.45) is 16.3 Å². The summed E-state index contributed by atoms with van der Waals surface area (Å²) < 4.78 is 0. The van der Waals surface area contributed by atoms with Gasteiger partial charge in [-0.2, -0.15) is 0 Å². The number of thiophene rings is 1. The lowest BCUT2D eigenvalue weighted by molar-refractivity contribution is 0.412. The molecule has 0 aromatic carbocycles. The second kappa shape index (κ2) is 7.31. The first-order valence-electron chi connectivity index (χ1n) is 7.68. The molecule has 1 N–H and O–H groups in total. The van der Waals surface area contributed by atoms with Crippen molar-refractivity contribution in [3.63, 3.8) is 0 Å². The average molecular weight is 419 g/mol. The molecule has 1 heterocycles. The van der Waals surface area contributed by atoms with E-state index in [1.807, 2.05) is 18.4 Å². The number of halogens is 1. The topological polar surface area (TPSA) is 27.6 Å². The van der Waals surface area contributed by atoms with E-state index < -0.39 is 0 Å². The molecule has 0 spiro atoms. The molecule has 1 aromatic rings. The lowest BCUT2D eigenvalue weighted by Gasteiger charge is -2.24. The number of hydrogen-bond acceptors (Lipinski definition) is 2. The summed E-state index contributed by atoms with van der Waals surface area (Å²) in [6.45, 7) is 2.14. The molecule has 2 aliphatic rings. The summed E-state index contributed by atoms with van der Waals surface area (Å²) in [6.07, 6.45) is 6.84. The monoisotopic (exact) mass is 419 g/mol. The summed E-state index contributed by atoms with van der Waals surface area (Å²) in [5.74, 6) is 2.05. The maximum absolute atomic E-state index is 4.43. The predicted octanol–water partition coefficient (Wildman–Crippen LogP) is 3.61. The minimum atomic E-state index is 0. The Balaban J connectivity index is 0.00000161. The van der Waals surface area contributed by atoms with Gasteiger partial charge in [0.05, 0.1) is 0 Å². The zero-order chi connectivity index (χ0) is 14.0. The summed E-state index contributed by atoms with van der Waals surface area (Å²) in [5, 5.41) is 5.75. The minimum Gasteiger partial charge on any atom is -0.356 e. The molecule has 118 valence electrons. The molecule has 0 aliphatic heterocycles. The molecule has 3 rings (SSSR count). The molecule has 0 unspecified atom stereocenters. The number of likely N-dealkylation sites (N-methyl/N-ethyl adjacent to an activating group) is 1. The fourth-order valence-corrected chi connectivity index (χ4v) is 3.76. The van der Waals surface area contributed by atoms with Gasteiger partial charge in [-0.3, -0.25) is 4.99 Å². The van der Waals surface area contributed by atoms with Crippen LogP contribution in [0.2, 0.25) is 0 Å². The van der Waals surface area contributed by atoms with Gasteiger partial charge in [0.1, 0.15) is 0 Å². The predicted molar refractivity (Wildman–Crippen MR) is 102 cm³/mol. The number of guanidine groups is 1. The molecular formula is C16H26IN3S. The first-order valence-corrected chi connectivity index (χ1v) is 8.56. The van der Waals surface area contributed by atoms with E-state index in [0.717, 1.165) is 31.4 Å². The highest BCUT2D eigenvalue weighted by Gasteiger charge is 2.53. The van der Waals surface area contributed by atoms with Crippen molar-refractivity contribution in [3.8, 4) is 0 Å². The van der Waals surface area contributed by atoms with Crippen LogP contribution in [0, 0.1) is 11.3 Å². The molecule has 2 fully saturated rings. The van der Waals surface area contributed by atoms with Crippen molar-refractivity contribution in [3.05, 3.63) is 22.4 Å². The van der Waals surface area contributed by atoms with E-state index in [0.29, 0.717) is 5.41 Å². The van der Waals surface area contributed by atoms with Crippen LogP contribution in [0.15, 0.2) is 22.5 Å². The van der Waals surface area contributed by atoms with Gasteiger partial charge in [-0.25, -0.2) is 0 Å². The molecule has 0 atom stereocenters. The highest BCUT2D eigenvalue weighted by molar-refractivity contribution is 14.0. The van der Waals surface area contributed by atoms with Crippen LogP contribution in [0.4, 0.5) is 0 Å². The third-order valence-corrected chi connectivity index (χ3v) is 5.72. The number of nitrogens with one attached hydrogen (secondary N) is 1. The summed E-state index contributed by atoms with van der Waals surface area (Å²) >= 11 is 1.84. The van der Waals surface area contributed by atoms with Crippen LogP contribution in [0.25, 0.3) is 0 Å². The molecule has 5 heteroatoms. The normalized spacial score (nSPS) is 19.8. The molecule has 2 aliphatic carbocycles. The van der Waals surface area contributed by atoms with Crippen molar-refractivity contribution in [2.45, 2.75) is 32.1 Å². The summed E-state index contributed by atoms with van der Waals surface area (Å²) in [4.78, 5) is 8.13. The van der Waals surface area contributed by atoms with Gasteiger partial charge in [0, 0.05) is 32.1 Å². The van der Waals surface area contributed by atoms with Crippen LogP contribution in [0.3, 0.4) is 0 Å². The first-order chi connectivity index (χ1) is 9.73.